The number of hydrogen-bond acceptors (Lipinski definition) is 4. The first-order valence-corrected chi connectivity index (χ1v) is 10.1. The maximum Gasteiger partial charge on any atom is 0.407 e. The Balaban J connectivity index is 1.43. The number of ether oxygens (including phenoxy) is 1. The topological polar surface area (TPSA) is 113 Å². The fraction of sp³-hybridized carbons (Fsp3) is 0.160. The Kier molecular flexibility index (Phi) is 5.89. The van der Waals surface area contributed by atoms with E-state index in [9.17, 15) is 19.5 Å². The summed E-state index contributed by atoms with van der Waals surface area (Å²) in [5.74, 6) is -2.48. The maximum absolute atomic E-state index is 12.4. The average molecular weight is 431 g/mol. The molecule has 3 aromatic carbocycles. The van der Waals surface area contributed by atoms with Gasteiger partial charge >= 0.3 is 18.0 Å². The molecule has 0 heterocycles. The molecule has 7 heteroatoms. The average Bonchev–Trinajstić information content (AvgIpc) is 3.11. The number of aliphatic carboxylic acids is 1. The molecule has 1 aliphatic carbocycles. The number of alkyl carbamates (subject to hydrolysis) is 1. The molecule has 0 bridgehead atoms. The molecule has 1 atom stereocenters. The van der Waals surface area contributed by atoms with Gasteiger partial charge in [0.15, 0.2) is 0 Å². The zero-order chi connectivity index (χ0) is 22.7. The van der Waals surface area contributed by atoms with E-state index in [0.29, 0.717) is 5.56 Å². The number of carbonyl (C=O) groups excluding carboxylic acids is 1. The van der Waals surface area contributed by atoms with Crippen LogP contribution >= 0.6 is 0 Å². The quantitative estimate of drug-likeness (QED) is 0.523. The van der Waals surface area contributed by atoms with Crippen molar-refractivity contribution in [3.8, 4) is 11.1 Å². The molecule has 0 saturated carbocycles. The van der Waals surface area contributed by atoms with Gasteiger partial charge in [0, 0.05) is 12.3 Å². The Labute approximate surface area is 184 Å². The van der Waals surface area contributed by atoms with Gasteiger partial charge in [0.25, 0.3) is 0 Å². The van der Waals surface area contributed by atoms with E-state index < -0.39 is 24.1 Å². The van der Waals surface area contributed by atoms with Gasteiger partial charge in [0.2, 0.25) is 0 Å². The number of fused-ring (bicyclic) bond motifs is 3. The molecule has 0 saturated heterocycles. The molecule has 1 amide bonds. The zero-order valence-corrected chi connectivity index (χ0v) is 17.0. The molecule has 3 N–H and O–H groups in total. The van der Waals surface area contributed by atoms with E-state index in [1.807, 2.05) is 48.5 Å². The van der Waals surface area contributed by atoms with Crippen LogP contribution in [0, 0.1) is 0 Å². The number of aromatic carboxylic acids is 1. The molecule has 4 rings (SSSR count). The molecule has 0 spiro atoms. The third kappa shape index (κ3) is 4.32. The van der Waals surface area contributed by atoms with Crippen LogP contribution in [0.4, 0.5) is 4.79 Å². The van der Waals surface area contributed by atoms with E-state index in [4.69, 9.17) is 9.84 Å². The van der Waals surface area contributed by atoms with E-state index in [-0.39, 0.29) is 24.5 Å². The van der Waals surface area contributed by atoms with Crippen LogP contribution in [0.5, 0.6) is 0 Å². The van der Waals surface area contributed by atoms with Crippen molar-refractivity contribution in [2.24, 2.45) is 0 Å². The smallest absolute Gasteiger partial charge is 0.407 e. The summed E-state index contributed by atoms with van der Waals surface area (Å²) in [7, 11) is 0. The Morgan fingerprint density at radius 1 is 0.875 bits per heavy atom. The van der Waals surface area contributed by atoms with E-state index in [0.717, 1.165) is 22.3 Å². The summed E-state index contributed by atoms with van der Waals surface area (Å²) >= 11 is 0. The van der Waals surface area contributed by atoms with Crippen LogP contribution in [0.2, 0.25) is 0 Å². The number of carboxylic acid groups (broad SMARTS) is 2. The lowest BCUT2D eigenvalue weighted by Crippen LogP contribution is -2.42. The van der Waals surface area contributed by atoms with Crippen molar-refractivity contribution < 1.29 is 29.3 Å². The molecular formula is C25H21NO6. The van der Waals surface area contributed by atoms with Gasteiger partial charge in [-0.25, -0.2) is 14.4 Å². The van der Waals surface area contributed by atoms with Crippen molar-refractivity contribution in [3.63, 3.8) is 0 Å². The Morgan fingerprint density at radius 3 is 2.09 bits per heavy atom. The Morgan fingerprint density at radius 2 is 1.50 bits per heavy atom. The number of carboxylic acids is 2. The van der Waals surface area contributed by atoms with Crippen molar-refractivity contribution in [1.82, 2.24) is 5.32 Å². The minimum absolute atomic E-state index is 0.0489. The highest BCUT2D eigenvalue weighted by Gasteiger charge is 2.29. The maximum atomic E-state index is 12.4. The van der Waals surface area contributed by atoms with Gasteiger partial charge < -0.3 is 20.3 Å². The van der Waals surface area contributed by atoms with Crippen LogP contribution in [0.3, 0.4) is 0 Å². The number of benzene rings is 3. The summed E-state index contributed by atoms with van der Waals surface area (Å²) in [6, 6.07) is 20.5. The summed E-state index contributed by atoms with van der Waals surface area (Å²) < 4.78 is 5.41. The highest BCUT2D eigenvalue weighted by Crippen LogP contribution is 2.44. The third-order valence-electron chi connectivity index (χ3n) is 5.55. The first-order valence-electron chi connectivity index (χ1n) is 10.1. The van der Waals surface area contributed by atoms with Crippen molar-refractivity contribution in [2.45, 2.75) is 18.4 Å². The van der Waals surface area contributed by atoms with Gasteiger partial charge in [0.05, 0.1) is 5.56 Å². The molecule has 0 fully saturated rings. The molecule has 3 aromatic rings. The highest BCUT2D eigenvalue weighted by molar-refractivity contribution is 5.88. The largest absolute Gasteiger partial charge is 0.480 e. The van der Waals surface area contributed by atoms with Gasteiger partial charge in [-0.15, -0.1) is 0 Å². The minimum Gasteiger partial charge on any atom is -0.480 e. The predicted molar refractivity (Wildman–Crippen MR) is 117 cm³/mol. The Hall–Kier alpha value is -4.13. The summed E-state index contributed by atoms with van der Waals surface area (Å²) in [6.45, 7) is 0.0701. The first kappa shape index (κ1) is 21.1. The van der Waals surface area contributed by atoms with Crippen LogP contribution in [-0.2, 0) is 16.0 Å². The number of hydrogen-bond donors (Lipinski definition) is 3. The fourth-order valence-electron chi connectivity index (χ4n) is 4.05. The van der Waals surface area contributed by atoms with E-state index in [1.165, 1.54) is 18.2 Å². The van der Waals surface area contributed by atoms with Gasteiger partial charge in [0.1, 0.15) is 12.6 Å². The second-order valence-corrected chi connectivity index (χ2v) is 7.57. The van der Waals surface area contributed by atoms with E-state index in [1.54, 1.807) is 6.07 Å². The molecule has 0 aliphatic heterocycles. The monoisotopic (exact) mass is 431 g/mol. The van der Waals surface area contributed by atoms with Gasteiger partial charge in [-0.3, -0.25) is 0 Å². The second kappa shape index (κ2) is 8.93. The van der Waals surface area contributed by atoms with Crippen LogP contribution in [0.1, 0.15) is 33.0 Å². The lowest BCUT2D eigenvalue weighted by atomic mass is 9.98. The molecule has 7 nitrogen and oxygen atoms in total. The number of rotatable bonds is 7. The van der Waals surface area contributed by atoms with Gasteiger partial charge in [-0.05, 0) is 39.9 Å². The fourth-order valence-corrected chi connectivity index (χ4v) is 4.05. The third-order valence-corrected chi connectivity index (χ3v) is 5.55. The number of carbonyl (C=O) groups is 3. The number of nitrogens with one attached hydrogen (secondary N) is 1. The molecule has 0 unspecified atom stereocenters. The van der Waals surface area contributed by atoms with Crippen molar-refractivity contribution in [3.05, 3.63) is 95.1 Å². The summed E-state index contributed by atoms with van der Waals surface area (Å²) in [4.78, 5) is 35.2. The zero-order valence-electron chi connectivity index (χ0n) is 17.0. The van der Waals surface area contributed by atoms with E-state index in [2.05, 4.69) is 5.32 Å². The first-order chi connectivity index (χ1) is 15.4. The summed E-state index contributed by atoms with van der Waals surface area (Å²) in [5, 5.41) is 21.0. The lowest BCUT2D eigenvalue weighted by Gasteiger charge is -2.17. The predicted octanol–water partition coefficient (Wildman–Crippen LogP) is 3.92. The highest BCUT2D eigenvalue weighted by atomic mass is 16.5. The molecule has 162 valence electrons. The van der Waals surface area contributed by atoms with Crippen molar-refractivity contribution in [2.75, 3.05) is 6.61 Å². The minimum atomic E-state index is -1.25. The lowest BCUT2D eigenvalue weighted by molar-refractivity contribution is -0.139. The normalized spacial score (nSPS) is 13.0. The molecule has 0 radical (unpaired) electrons. The molecule has 1 aliphatic rings. The summed E-state index contributed by atoms with van der Waals surface area (Å²) in [6.07, 6.45) is -0.908. The van der Waals surface area contributed by atoms with Crippen LogP contribution in [-0.4, -0.2) is 40.9 Å². The summed E-state index contributed by atoms with van der Waals surface area (Å²) in [5.41, 5.74) is 4.84. The van der Waals surface area contributed by atoms with Gasteiger partial charge in [-0.2, -0.15) is 0 Å². The Bertz CT molecular complexity index is 1140. The molecule has 0 aromatic heterocycles. The van der Waals surface area contributed by atoms with Crippen LogP contribution in [0.15, 0.2) is 72.8 Å². The van der Waals surface area contributed by atoms with Crippen LogP contribution in [0.25, 0.3) is 11.1 Å². The molecular weight excluding hydrogens is 410 g/mol. The van der Waals surface area contributed by atoms with Crippen molar-refractivity contribution >= 4 is 18.0 Å². The van der Waals surface area contributed by atoms with Crippen molar-refractivity contribution in [1.29, 1.82) is 0 Å². The van der Waals surface area contributed by atoms with Gasteiger partial charge in [-0.1, -0.05) is 60.7 Å². The molecule has 32 heavy (non-hydrogen) atoms. The van der Waals surface area contributed by atoms with Crippen LogP contribution < -0.4 is 5.32 Å². The number of amides is 1. The second-order valence-electron chi connectivity index (χ2n) is 7.57. The SMILES string of the molecule is O=C(N[C@H](Cc1cccc(C(=O)O)c1)C(=O)O)OCC1c2ccccc2-c2ccccc21. The van der Waals surface area contributed by atoms with E-state index >= 15 is 0 Å². The standard InChI is InChI=1S/C25H21NO6/c27-23(28)16-7-5-6-15(12-16)13-22(24(29)30)26-25(31)32-14-21-19-10-3-1-8-17(19)18-9-2-4-11-20(18)21/h1-12,21-22H,13-14H2,(H,26,31)(H,27,28)(H,29,30)/t22-/m1/s1.